The second-order valence-electron chi connectivity index (χ2n) is 6.02. The SMILES string of the molecule is CC1CCCC(c2cncn2CCN2CCSCC2)N1. The van der Waals surface area contributed by atoms with E-state index in [1.165, 1.54) is 49.6 Å². The van der Waals surface area contributed by atoms with Crippen LogP contribution in [0.3, 0.4) is 0 Å². The Labute approximate surface area is 126 Å². The van der Waals surface area contributed by atoms with Crippen LogP contribution >= 0.6 is 11.8 Å². The molecule has 2 aliphatic rings. The third-order valence-electron chi connectivity index (χ3n) is 4.48. The lowest BCUT2D eigenvalue weighted by Crippen LogP contribution is -2.37. The van der Waals surface area contributed by atoms with E-state index >= 15 is 0 Å². The van der Waals surface area contributed by atoms with Crippen LogP contribution in [-0.4, -0.2) is 51.6 Å². The number of thioether (sulfide) groups is 1. The monoisotopic (exact) mass is 294 g/mol. The van der Waals surface area contributed by atoms with Crippen LogP contribution in [0.5, 0.6) is 0 Å². The second kappa shape index (κ2) is 6.96. The molecular weight excluding hydrogens is 268 g/mol. The summed E-state index contributed by atoms with van der Waals surface area (Å²) >= 11 is 2.08. The van der Waals surface area contributed by atoms with Gasteiger partial charge in [-0.3, -0.25) is 4.90 Å². The van der Waals surface area contributed by atoms with Gasteiger partial charge in [0.25, 0.3) is 0 Å². The van der Waals surface area contributed by atoms with E-state index in [-0.39, 0.29) is 0 Å². The van der Waals surface area contributed by atoms with Crippen molar-refractivity contribution >= 4 is 11.8 Å². The van der Waals surface area contributed by atoms with Gasteiger partial charge in [-0.15, -0.1) is 0 Å². The molecule has 3 rings (SSSR count). The average molecular weight is 294 g/mol. The van der Waals surface area contributed by atoms with Crippen molar-refractivity contribution < 1.29 is 0 Å². The topological polar surface area (TPSA) is 33.1 Å². The summed E-state index contributed by atoms with van der Waals surface area (Å²) in [7, 11) is 0. The minimum Gasteiger partial charge on any atom is -0.332 e. The van der Waals surface area contributed by atoms with Crippen LogP contribution in [0.1, 0.15) is 37.9 Å². The van der Waals surface area contributed by atoms with Gasteiger partial charge in [-0.25, -0.2) is 4.98 Å². The van der Waals surface area contributed by atoms with Crippen LogP contribution in [0.2, 0.25) is 0 Å². The molecule has 0 bridgehead atoms. The molecule has 0 spiro atoms. The Morgan fingerprint density at radius 1 is 1.30 bits per heavy atom. The van der Waals surface area contributed by atoms with E-state index in [1.54, 1.807) is 0 Å². The number of hydrogen-bond donors (Lipinski definition) is 1. The molecule has 3 heterocycles. The Kier molecular flexibility index (Phi) is 5.02. The zero-order valence-electron chi connectivity index (χ0n) is 12.4. The number of hydrogen-bond acceptors (Lipinski definition) is 4. The molecule has 2 unspecified atom stereocenters. The quantitative estimate of drug-likeness (QED) is 0.922. The van der Waals surface area contributed by atoms with Crippen LogP contribution < -0.4 is 5.32 Å². The van der Waals surface area contributed by atoms with Crippen LogP contribution in [0.4, 0.5) is 0 Å². The van der Waals surface area contributed by atoms with Gasteiger partial charge in [-0.1, -0.05) is 0 Å². The number of nitrogens with one attached hydrogen (secondary N) is 1. The molecule has 0 aromatic carbocycles. The number of aromatic nitrogens is 2. The van der Waals surface area contributed by atoms with Crippen LogP contribution in [0.15, 0.2) is 12.5 Å². The minimum absolute atomic E-state index is 0.498. The summed E-state index contributed by atoms with van der Waals surface area (Å²) in [6.07, 6.45) is 7.94. The molecule has 0 amide bonds. The molecule has 20 heavy (non-hydrogen) atoms. The minimum atomic E-state index is 0.498. The molecule has 5 heteroatoms. The van der Waals surface area contributed by atoms with Gasteiger partial charge in [0.05, 0.1) is 12.0 Å². The van der Waals surface area contributed by atoms with E-state index in [2.05, 4.69) is 44.7 Å². The van der Waals surface area contributed by atoms with Crippen molar-refractivity contribution in [3.8, 4) is 0 Å². The third-order valence-corrected chi connectivity index (χ3v) is 5.42. The summed E-state index contributed by atoms with van der Waals surface area (Å²) in [6.45, 7) is 7.01. The molecule has 0 aliphatic carbocycles. The fraction of sp³-hybridized carbons (Fsp3) is 0.800. The summed E-state index contributed by atoms with van der Waals surface area (Å²) in [5, 5.41) is 3.72. The summed E-state index contributed by atoms with van der Waals surface area (Å²) < 4.78 is 2.36. The smallest absolute Gasteiger partial charge is 0.0949 e. The Hall–Kier alpha value is -0.520. The first-order valence-corrected chi connectivity index (χ1v) is 9.04. The van der Waals surface area contributed by atoms with Gasteiger partial charge in [0, 0.05) is 56.0 Å². The third kappa shape index (κ3) is 3.57. The largest absolute Gasteiger partial charge is 0.332 e. The highest BCUT2D eigenvalue weighted by molar-refractivity contribution is 7.99. The molecular formula is C15H26N4S. The van der Waals surface area contributed by atoms with Gasteiger partial charge in [0.1, 0.15) is 0 Å². The highest BCUT2D eigenvalue weighted by Crippen LogP contribution is 2.25. The Balaban J connectivity index is 1.58. The van der Waals surface area contributed by atoms with E-state index in [1.807, 2.05) is 6.33 Å². The van der Waals surface area contributed by atoms with E-state index < -0.39 is 0 Å². The summed E-state index contributed by atoms with van der Waals surface area (Å²) in [5.41, 5.74) is 1.38. The molecule has 112 valence electrons. The lowest BCUT2D eigenvalue weighted by Gasteiger charge is -2.30. The number of piperidine rings is 1. The molecule has 2 atom stereocenters. The van der Waals surface area contributed by atoms with Crippen molar-refractivity contribution in [2.24, 2.45) is 0 Å². The van der Waals surface area contributed by atoms with Crippen molar-refractivity contribution in [3.63, 3.8) is 0 Å². The van der Waals surface area contributed by atoms with Gasteiger partial charge in [0.2, 0.25) is 0 Å². The van der Waals surface area contributed by atoms with Crippen molar-refractivity contribution in [1.29, 1.82) is 0 Å². The summed E-state index contributed by atoms with van der Waals surface area (Å²) in [4.78, 5) is 6.97. The molecule has 1 aromatic rings. The van der Waals surface area contributed by atoms with Gasteiger partial charge in [-0.05, 0) is 26.2 Å². The Morgan fingerprint density at radius 2 is 2.15 bits per heavy atom. The number of imidazole rings is 1. The average Bonchev–Trinajstić information content (AvgIpc) is 2.95. The van der Waals surface area contributed by atoms with Gasteiger partial charge in [-0.2, -0.15) is 11.8 Å². The maximum atomic E-state index is 4.39. The Morgan fingerprint density at radius 3 is 2.95 bits per heavy atom. The van der Waals surface area contributed by atoms with E-state index in [4.69, 9.17) is 0 Å². The first-order valence-electron chi connectivity index (χ1n) is 7.89. The highest BCUT2D eigenvalue weighted by Gasteiger charge is 2.22. The van der Waals surface area contributed by atoms with Crippen LogP contribution in [0.25, 0.3) is 0 Å². The molecule has 1 N–H and O–H groups in total. The van der Waals surface area contributed by atoms with Crippen LogP contribution in [0, 0.1) is 0 Å². The second-order valence-corrected chi connectivity index (χ2v) is 7.24. The number of rotatable bonds is 4. The summed E-state index contributed by atoms with van der Waals surface area (Å²) in [5.74, 6) is 2.58. The molecule has 2 saturated heterocycles. The fourth-order valence-electron chi connectivity index (χ4n) is 3.25. The summed E-state index contributed by atoms with van der Waals surface area (Å²) in [6, 6.07) is 1.13. The predicted molar refractivity (Wildman–Crippen MR) is 85.2 cm³/mol. The van der Waals surface area contributed by atoms with Crippen LogP contribution in [-0.2, 0) is 6.54 Å². The predicted octanol–water partition coefficient (Wildman–Crippen LogP) is 2.14. The molecule has 1 aromatic heterocycles. The van der Waals surface area contributed by atoms with Gasteiger partial charge >= 0.3 is 0 Å². The van der Waals surface area contributed by atoms with E-state index in [0.29, 0.717) is 12.1 Å². The van der Waals surface area contributed by atoms with E-state index in [9.17, 15) is 0 Å². The van der Waals surface area contributed by atoms with Crippen molar-refractivity contribution in [2.75, 3.05) is 31.1 Å². The standard InChI is InChI=1S/C15H26N4S/c1-13-3-2-4-14(17-13)15-11-16-12-19(15)6-5-18-7-9-20-10-8-18/h11-14,17H,2-10H2,1H3. The molecule has 0 radical (unpaired) electrons. The van der Waals surface area contributed by atoms with Crippen molar-refractivity contribution in [2.45, 2.75) is 44.8 Å². The molecule has 0 saturated carbocycles. The lowest BCUT2D eigenvalue weighted by atomic mass is 9.97. The van der Waals surface area contributed by atoms with Crippen molar-refractivity contribution in [1.82, 2.24) is 19.8 Å². The lowest BCUT2D eigenvalue weighted by molar-refractivity contribution is 0.281. The zero-order valence-corrected chi connectivity index (χ0v) is 13.2. The fourth-order valence-corrected chi connectivity index (χ4v) is 4.23. The van der Waals surface area contributed by atoms with Gasteiger partial charge < -0.3 is 9.88 Å². The normalized spacial score (nSPS) is 28.6. The molecule has 2 fully saturated rings. The first-order chi connectivity index (χ1) is 9.83. The molecule has 2 aliphatic heterocycles. The van der Waals surface area contributed by atoms with E-state index in [0.717, 1.165) is 13.1 Å². The zero-order chi connectivity index (χ0) is 13.8. The maximum absolute atomic E-state index is 4.39. The number of nitrogens with zero attached hydrogens (tertiary/aromatic N) is 3. The highest BCUT2D eigenvalue weighted by atomic mass is 32.2. The molecule has 4 nitrogen and oxygen atoms in total. The maximum Gasteiger partial charge on any atom is 0.0949 e. The Bertz CT molecular complexity index is 414. The first kappa shape index (κ1) is 14.4. The van der Waals surface area contributed by atoms with Gasteiger partial charge in [0.15, 0.2) is 0 Å². The van der Waals surface area contributed by atoms with Crippen molar-refractivity contribution in [3.05, 3.63) is 18.2 Å².